The average Bonchev–Trinajstić information content (AvgIpc) is 2.89. The van der Waals surface area contributed by atoms with Crippen LogP contribution in [-0.2, 0) is 6.54 Å². The standard InChI is InChI=1S/C14H15BrN2OS/c1-2-17(9-11-4-3-7-18-11)13-6-5-10(14(16)19)8-12(13)15/h3-8H,2,9H2,1H3,(H2,16,19). The summed E-state index contributed by atoms with van der Waals surface area (Å²) in [6.07, 6.45) is 1.69. The molecule has 0 aliphatic heterocycles. The average molecular weight is 339 g/mol. The first-order valence-corrected chi connectivity index (χ1v) is 7.18. The minimum atomic E-state index is 0.404. The van der Waals surface area contributed by atoms with Crippen LogP contribution in [0.1, 0.15) is 18.2 Å². The lowest BCUT2D eigenvalue weighted by Gasteiger charge is -2.23. The summed E-state index contributed by atoms with van der Waals surface area (Å²) in [6, 6.07) is 9.77. The molecule has 0 amide bonds. The Labute approximate surface area is 126 Å². The Bertz CT molecular complexity index is 569. The van der Waals surface area contributed by atoms with E-state index in [1.165, 1.54) is 0 Å². The molecule has 2 aromatic rings. The number of thiocarbonyl (C=S) groups is 1. The first-order chi connectivity index (χ1) is 9.11. The summed E-state index contributed by atoms with van der Waals surface area (Å²) in [5.41, 5.74) is 7.59. The second kappa shape index (κ2) is 6.21. The molecule has 0 atom stereocenters. The number of benzene rings is 1. The third kappa shape index (κ3) is 3.36. The van der Waals surface area contributed by atoms with Crippen LogP contribution >= 0.6 is 28.1 Å². The second-order valence-corrected chi connectivity index (χ2v) is 5.42. The van der Waals surface area contributed by atoms with Crippen LogP contribution in [0.3, 0.4) is 0 Å². The van der Waals surface area contributed by atoms with Crippen LogP contribution in [0.25, 0.3) is 0 Å². The van der Waals surface area contributed by atoms with Crippen molar-refractivity contribution >= 4 is 38.8 Å². The third-order valence-corrected chi connectivity index (χ3v) is 3.75. The molecule has 2 N–H and O–H groups in total. The molecule has 0 unspecified atom stereocenters. The molecule has 0 saturated heterocycles. The summed E-state index contributed by atoms with van der Waals surface area (Å²) in [4.78, 5) is 2.62. The lowest BCUT2D eigenvalue weighted by Crippen LogP contribution is -2.22. The van der Waals surface area contributed by atoms with Gasteiger partial charge in [-0.15, -0.1) is 0 Å². The van der Waals surface area contributed by atoms with Crippen molar-refractivity contribution in [2.45, 2.75) is 13.5 Å². The van der Waals surface area contributed by atoms with Gasteiger partial charge in [0.15, 0.2) is 0 Å². The molecule has 2 rings (SSSR count). The highest BCUT2D eigenvalue weighted by Gasteiger charge is 2.11. The second-order valence-electron chi connectivity index (χ2n) is 4.12. The summed E-state index contributed by atoms with van der Waals surface area (Å²) >= 11 is 8.55. The van der Waals surface area contributed by atoms with Crippen molar-refractivity contribution in [1.82, 2.24) is 0 Å². The van der Waals surface area contributed by atoms with Crippen LogP contribution < -0.4 is 10.6 Å². The number of rotatable bonds is 5. The predicted molar refractivity (Wildman–Crippen MR) is 85.5 cm³/mol. The summed E-state index contributed by atoms with van der Waals surface area (Å²) < 4.78 is 6.37. The maximum Gasteiger partial charge on any atom is 0.123 e. The van der Waals surface area contributed by atoms with Gasteiger partial charge < -0.3 is 15.1 Å². The Hall–Kier alpha value is -1.33. The SMILES string of the molecule is CCN(Cc1ccco1)c1ccc(C(N)=S)cc1Br. The number of halogens is 1. The quantitative estimate of drug-likeness (QED) is 0.844. The van der Waals surface area contributed by atoms with E-state index in [9.17, 15) is 0 Å². The van der Waals surface area contributed by atoms with Crippen molar-refractivity contribution in [3.05, 3.63) is 52.4 Å². The maximum absolute atomic E-state index is 5.63. The van der Waals surface area contributed by atoms with Gasteiger partial charge in [-0.25, -0.2) is 0 Å². The Morgan fingerprint density at radius 1 is 1.42 bits per heavy atom. The Morgan fingerprint density at radius 3 is 2.74 bits per heavy atom. The van der Waals surface area contributed by atoms with Gasteiger partial charge in [0, 0.05) is 16.6 Å². The molecule has 1 aromatic carbocycles. The van der Waals surface area contributed by atoms with Gasteiger partial charge >= 0.3 is 0 Å². The van der Waals surface area contributed by atoms with Gasteiger partial charge in [-0.1, -0.05) is 12.2 Å². The van der Waals surface area contributed by atoms with E-state index in [0.717, 1.165) is 34.6 Å². The molecule has 100 valence electrons. The highest BCUT2D eigenvalue weighted by atomic mass is 79.9. The molecular weight excluding hydrogens is 324 g/mol. The van der Waals surface area contributed by atoms with E-state index in [4.69, 9.17) is 22.4 Å². The molecule has 1 heterocycles. The number of furan rings is 1. The third-order valence-electron chi connectivity index (χ3n) is 2.88. The molecular formula is C14H15BrN2OS. The van der Waals surface area contributed by atoms with Gasteiger partial charge in [-0.05, 0) is 53.2 Å². The zero-order chi connectivity index (χ0) is 13.8. The van der Waals surface area contributed by atoms with Gasteiger partial charge in [-0.3, -0.25) is 0 Å². The van der Waals surface area contributed by atoms with Crippen molar-refractivity contribution in [2.24, 2.45) is 5.73 Å². The van der Waals surface area contributed by atoms with Gasteiger partial charge in [0.25, 0.3) is 0 Å². The highest BCUT2D eigenvalue weighted by molar-refractivity contribution is 9.10. The van der Waals surface area contributed by atoms with E-state index in [0.29, 0.717) is 4.99 Å². The molecule has 0 aliphatic carbocycles. The molecule has 3 nitrogen and oxygen atoms in total. The van der Waals surface area contributed by atoms with E-state index in [-0.39, 0.29) is 0 Å². The molecule has 0 fully saturated rings. The fraction of sp³-hybridized carbons (Fsp3) is 0.214. The highest BCUT2D eigenvalue weighted by Crippen LogP contribution is 2.28. The van der Waals surface area contributed by atoms with Gasteiger partial charge in [0.05, 0.1) is 18.5 Å². The summed E-state index contributed by atoms with van der Waals surface area (Å²) in [7, 11) is 0. The van der Waals surface area contributed by atoms with Crippen LogP contribution in [0.2, 0.25) is 0 Å². The van der Waals surface area contributed by atoms with E-state index in [1.807, 2.05) is 30.3 Å². The molecule has 19 heavy (non-hydrogen) atoms. The number of anilines is 1. The maximum atomic E-state index is 5.63. The molecule has 0 aliphatic rings. The van der Waals surface area contributed by atoms with Crippen LogP contribution in [-0.4, -0.2) is 11.5 Å². The van der Waals surface area contributed by atoms with Crippen molar-refractivity contribution in [2.75, 3.05) is 11.4 Å². The fourth-order valence-corrected chi connectivity index (χ4v) is 2.63. The van der Waals surface area contributed by atoms with Crippen LogP contribution in [0.5, 0.6) is 0 Å². The number of hydrogen-bond donors (Lipinski definition) is 1. The number of nitrogens with two attached hydrogens (primary N) is 1. The van der Waals surface area contributed by atoms with Crippen LogP contribution in [0, 0.1) is 0 Å². The molecule has 0 spiro atoms. The molecule has 0 bridgehead atoms. The van der Waals surface area contributed by atoms with Crippen LogP contribution in [0.4, 0.5) is 5.69 Å². The van der Waals surface area contributed by atoms with E-state index in [1.54, 1.807) is 6.26 Å². The topological polar surface area (TPSA) is 42.4 Å². The monoisotopic (exact) mass is 338 g/mol. The van der Waals surface area contributed by atoms with Gasteiger partial charge in [0.2, 0.25) is 0 Å². The summed E-state index contributed by atoms with van der Waals surface area (Å²) in [5, 5.41) is 0. The lowest BCUT2D eigenvalue weighted by molar-refractivity contribution is 0.503. The van der Waals surface area contributed by atoms with Crippen molar-refractivity contribution in [1.29, 1.82) is 0 Å². The zero-order valence-corrected chi connectivity index (χ0v) is 13.0. The normalized spacial score (nSPS) is 10.4. The molecule has 1 aromatic heterocycles. The van der Waals surface area contributed by atoms with Crippen molar-refractivity contribution < 1.29 is 4.42 Å². The largest absolute Gasteiger partial charge is 0.467 e. The van der Waals surface area contributed by atoms with E-state index >= 15 is 0 Å². The smallest absolute Gasteiger partial charge is 0.123 e. The molecule has 5 heteroatoms. The predicted octanol–water partition coefficient (Wildman–Crippen LogP) is 3.70. The molecule has 0 radical (unpaired) electrons. The van der Waals surface area contributed by atoms with E-state index < -0.39 is 0 Å². The molecule has 0 saturated carbocycles. The first-order valence-electron chi connectivity index (χ1n) is 5.98. The van der Waals surface area contributed by atoms with Crippen molar-refractivity contribution in [3.63, 3.8) is 0 Å². The van der Waals surface area contributed by atoms with Crippen molar-refractivity contribution in [3.8, 4) is 0 Å². The van der Waals surface area contributed by atoms with Gasteiger partial charge in [0.1, 0.15) is 10.7 Å². The summed E-state index contributed by atoms with van der Waals surface area (Å²) in [5.74, 6) is 0.937. The van der Waals surface area contributed by atoms with E-state index in [2.05, 4.69) is 27.8 Å². The van der Waals surface area contributed by atoms with Crippen LogP contribution in [0.15, 0.2) is 45.5 Å². The first kappa shape index (κ1) is 14.1. The zero-order valence-electron chi connectivity index (χ0n) is 10.6. The Morgan fingerprint density at radius 2 is 2.21 bits per heavy atom. The lowest BCUT2D eigenvalue weighted by atomic mass is 10.2. The Kier molecular flexibility index (Phi) is 4.61. The fourth-order valence-electron chi connectivity index (χ4n) is 1.87. The summed E-state index contributed by atoms with van der Waals surface area (Å²) in [6.45, 7) is 3.72. The minimum absolute atomic E-state index is 0.404. The minimum Gasteiger partial charge on any atom is -0.467 e. The number of nitrogens with zero attached hydrogens (tertiary/aromatic N) is 1. The van der Waals surface area contributed by atoms with Gasteiger partial charge in [-0.2, -0.15) is 0 Å². The Balaban J connectivity index is 2.25. The number of hydrogen-bond acceptors (Lipinski definition) is 3.